The van der Waals surface area contributed by atoms with Gasteiger partial charge in [0.25, 0.3) is 0 Å². The summed E-state index contributed by atoms with van der Waals surface area (Å²) in [6, 6.07) is 6.13. The Hall–Kier alpha value is -1.02. The summed E-state index contributed by atoms with van der Waals surface area (Å²) in [6.07, 6.45) is 1.02. The number of rotatable bonds is 0. The van der Waals surface area contributed by atoms with Gasteiger partial charge >= 0.3 is 0 Å². The largest absolute Gasteiger partial charge is 0.508 e. The molecule has 1 unspecified atom stereocenters. The molecule has 1 atom stereocenters. The SMILES string of the molecule is CC1Cc2cc(O)ccc2CN1. The van der Waals surface area contributed by atoms with Crippen LogP contribution in [0.5, 0.6) is 5.75 Å². The fourth-order valence-corrected chi connectivity index (χ4v) is 1.66. The molecule has 0 amide bonds. The van der Waals surface area contributed by atoms with Gasteiger partial charge in [0.15, 0.2) is 0 Å². The first-order chi connectivity index (χ1) is 5.75. The highest BCUT2D eigenvalue weighted by Crippen LogP contribution is 2.21. The number of fused-ring (bicyclic) bond motifs is 1. The molecule has 0 aromatic heterocycles. The second kappa shape index (κ2) is 2.79. The van der Waals surface area contributed by atoms with Crippen LogP contribution in [0.3, 0.4) is 0 Å². The number of hydrogen-bond donors (Lipinski definition) is 2. The van der Waals surface area contributed by atoms with Crippen molar-refractivity contribution in [2.75, 3.05) is 0 Å². The van der Waals surface area contributed by atoms with Crippen molar-refractivity contribution in [1.29, 1.82) is 0 Å². The predicted molar refractivity (Wildman–Crippen MR) is 48.1 cm³/mol. The van der Waals surface area contributed by atoms with E-state index < -0.39 is 0 Å². The van der Waals surface area contributed by atoms with Gasteiger partial charge in [0.2, 0.25) is 0 Å². The predicted octanol–water partition coefficient (Wildman–Crippen LogP) is 1.43. The zero-order chi connectivity index (χ0) is 8.55. The van der Waals surface area contributed by atoms with Crippen molar-refractivity contribution in [3.63, 3.8) is 0 Å². The van der Waals surface area contributed by atoms with Gasteiger partial charge in [-0.1, -0.05) is 6.07 Å². The van der Waals surface area contributed by atoms with E-state index in [9.17, 15) is 5.11 Å². The van der Waals surface area contributed by atoms with Crippen LogP contribution >= 0.6 is 0 Å². The Morgan fingerprint density at radius 1 is 1.42 bits per heavy atom. The topological polar surface area (TPSA) is 32.3 Å². The molecule has 0 aliphatic carbocycles. The lowest BCUT2D eigenvalue weighted by molar-refractivity contribution is 0.468. The van der Waals surface area contributed by atoms with E-state index in [-0.39, 0.29) is 0 Å². The molecule has 0 saturated heterocycles. The summed E-state index contributed by atoms with van der Waals surface area (Å²) in [4.78, 5) is 0. The van der Waals surface area contributed by atoms with Crippen molar-refractivity contribution in [3.05, 3.63) is 29.3 Å². The van der Waals surface area contributed by atoms with E-state index in [4.69, 9.17) is 0 Å². The Bertz CT molecular complexity index is 296. The normalized spacial score (nSPS) is 21.9. The van der Waals surface area contributed by atoms with E-state index in [1.165, 1.54) is 11.1 Å². The van der Waals surface area contributed by atoms with E-state index in [0.717, 1.165) is 13.0 Å². The highest BCUT2D eigenvalue weighted by atomic mass is 16.3. The first-order valence-corrected chi connectivity index (χ1v) is 4.30. The van der Waals surface area contributed by atoms with Crippen LogP contribution in [-0.4, -0.2) is 11.1 Å². The van der Waals surface area contributed by atoms with Crippen molar-refractivity contribution in [1.82, 2.24) is 5.32 Å². The molecule has 1 aliphatic heterocycles. The number of benzene rings is 1. The number of aromatic hydroxyl groups is 1. The first-order valence-electron chi connectivity index (χ1n) is 4.30. The number of phenolic OH excluding ortho intramolecular Hbond substituents is 1. The highest BCUT2D eigenvalue weighted by Gasteiger charge is 2.13. The molecule has 2 rings (SSSR count). The van der Waals surface area contributed by atoms with Crippen molar-refractivity contribution in [2.45, 2.75) is 25.9 Å². The van der Waals surface area contributed by atoms with E-state index in [2.05, 4.69) is 12.2 Å². The van der Waals surface area contributed by atoms with Crippen molar-refractivity contribution in [3.8, 4) is 5.75 Å². The average molecular weight is 163 g/mol. The van der Waals surface area contributed by atoms with Crippen molar-refractivity contribution in [2.24, 2.45) is 0 Å². The summed E-state index contributed by atoms with van der Waals surface area (Å²) < 4.78 is 0. The maximum atomic E-state index is 9.25. The molecular formula is C10H13NO. The van der Waals surface area contributed by atoms with Gasteiger partial charge < -0.3 is 10.4 Å². The minimum Gasteiger partial charge on any atom is -0.508 e. The molecule has 64 valence electrons. The molecule has 1 aromatic carbocycles. The Kier molecular flexibility index (Phi) is 1.77. The first kappa shape index (κ1) is 7.62. The molecule has 0 radical (unpaired) electrons. The molecule has 0 spiro atoms. The van der Waals surface area contributed by atoms with Gasteiger partial charge in [0.05, 0.1) is 0 Å². The van der Waals surface area contributed by atoms with Gasteiger partial charge in [-0.15, -0.1) is 0 Å². The highest BCUT2D eigenvalue weighted by molar-refractivity contribution is 5.36. The lowest BCUT2D eigenvalue weighted by Gasteiger charge is -2.22. The van der Waals surface area contributed by atoms with Crippen LogP contribution in [0.1, 0.15) is 18.1 Å². The third kappa shape index (κ3) is 1.30. The van der Waals surface area contributed by atoms with E-state index in [0.29, 0.717) is 11.8 Å². The summed E-state index contributed by atoms with van der Waals surface area (Å²) >= 11 is 0. The van der Waals surface area contributed by atoms with Gasteiger partial charge in [0.1, 0.15) is 5.75 Å². The second-order valence-electron chi connectivity index (χ2n) is 3.44. The minimum atomic E-state index is 0.378. The van der Waals surface area contributed by atoms with Crippen molar-refractivity contribution < 1.29 is 5.11 Å². The summed E-state index contributed by atoms with van der Waals surface area (Å²) in [6.45, 7) is 3.09. The molecule has 1 heterocycles. The van der Waals surface area contributed by atoms with E-state index in [1.54, 1.807) is 6.07 Å². The lowest BCUT2D eigenvalue weighted by atomic mass is 9.96. The average Bonchev–Trinajstić information content (AvgIpc) is 2.03. The summed E-state index contributed by atoms with van der Waals surface area (Å²) in [5, 5.41) is 12.6. The number of phenols is 1. The van der Waals surface area contributed by atoms with Gasteiger partial charge in [0, 0.05) is 12.6 Å². The molecule has 2 heteroatoms. The Labute approximate surface area is 72.2 Å². The maximum Gasteiger partial charge on any atom is 0.115 e. The third-order valence-corrected chi connectivity index (χ3v) is 2.36. The van der Waals surface area contributed by atoms with Crippen LogP contribution in [0.15, 0.2) is 18.2 Å². The van der Waals surface area contributed by atoms with Crippen molar-refractivity contribution >= 4 is 0 Å². The summed E-state index contributed by atoms with van der Waals surface area (Å²) in [7, 11) is 0. The van der Waals surface area contributed by atoms with Crippen LogP contribution in [-0.2, 0) is 13.0 Å². The zero-order valence-electron chi connectivity index (χ0n) is 7.17. The van der Waals surface area contributed by atoms with Crippen LogP contribution in [0, 0.1) is 0 Å². The summed E-state index contributed by atoms with van der Waals surface area (Å²) in [5.41, 5.74) is 2.59. The second-order valence-corrected chi connectivity index (χ2v) is 3.44. The maximum absolute atomic E-state index is 9.25. The number of nitrogens with one attached hydrogen (secondary N) is 1. The van der Waals surface area contributed by atoms with Crippen LogP contribution in [0.25, 0.3) is 0 Å². The quantitative estimate of drug-likeness (QED) is 0.606. The Morgan fingerprint density at radius 3 is 3.08 bits per heavy atom. The third-order valence-electron chi connectivity index (χ3n) is 2.36. The fourth-order valence-electron chi connectivity index (χ4n) is 1.66. The fraction of sp³-hybridized carbons (Fsp3) is 0.400. The smallest absolute Gasteiger partial charge is 0.115 e. The van der Waals surface area contributed by atoms with Gasteiger partial charge in [-0.2, -0.15) is 0 Å². The summed E-state index contributed by atoms with van der Waals surface area (Å²) in [5.74, 6) is 0.378. The van der Waals surface area contributed by atoms with Crippen LogP contribution in [0.2, 0.25) is 0 Å². The molecule has 0 fully saturated rings. The molecule has 2 N–H and O–H groups in total. The minimum absolute atomic E-state index is 0.378. The van der Waals surface area contributed by atoms with Gasteiger partial charge in [-0.05, 0) is 36.6 Å². The van der Waals surface area contributed by atoms with Crippen LogP contribution in [0.4, 0.5) is 0 Å². The number of hydrogen-bond acceptors (Lipinski definition) is 2. The van der Waals surface area contributed by atoms with E-state index in [1.807, 2.05) is 12.1 Å². The lowest BCUT2D eigenvalue weighted by Crippen LogP contribution is -2.32. The molecule has 1 aromatic rings. The Balaban J connectivity index is 2.37. The molecular weight excluding hydrogens is 150 g/mol. The molecule has 1 aliphatic rings. The molecule has 0 saturated carbocycles. The zero-order valence-corrected chi connectivity index (χ0v) is 7.17. The van der Waals surface area contributed by atoms with E-state index >= 15 is 0 Å². The Morgan fingerprint density at radius 2 is 2.25 bits per heavy atom. The molecule has 12 heavy (non-hydrogen) atoms. The molecule has 0 bridgehead atoms. The molecule has 2 nitrogen and oxygen atoms in total. The van der Waals surface area contributed by atoms with Gasteiger partial charge in [-0.25, -0.2) is 0 Å². The monoisotopic (exact) mass is 163 g/mol. The van der Waals surface area contributed by atoms with Crippen LogP contribution < -0.4 is 5.32 Å². The standard InChI is InChI=1S/C10H13NO/c1-7-4-9-5-10(12)3-2-8(9)6-11-7/h2-3,5,7,11-12H,4,6H2,1H3. The van der Waals surface area contributed by atoms with Gasteiger partial charge in [-0.3, -0.25) is 0 Å².